The molecule has 0 aromatic carbocycles. The third-order valence-electron chi connectivity index (χ3n) is 4.14. The highest BCUT2D eigenvalue weighted by atomic mass is 35.5. The van der Waals surface area contributed by atoms with Crippen molar-refractivity contribution in [3.05, 3.63) is 10.0 Å². The number of hydrogen-bond donors (Lipinski definition) is 0. The van der Waals surface area contributed by atoms with Crippen LogP contribution in [-0.4, -0.2) is 16.1 Å². The first-order chi connectivity index (χ1) is 7.85. The van der Waals surface area contributed by atoms with E-state index in [0.29, 0.717) is 5.88 Å². The fourth-order valence-electron chi connectivity index (χ4n) is 3.40. The van der Waals surface area contributed by atoms with E-state index in [4.69, 9.17) is 11.6 Å². The van der Waals surface area contributed by atoms with Crippen LogP contribution in [0.3, 0.4) is 0 Å². The fraction of sp³-hybridized carbons (Fsp3) is 0.833. The molecule has 2 aliphatic carbocycles. The Bertz CT molecular complexity index is 366. The van der Waals surface area contributed by atoms with Crippen molar-refractivity contribution in [1.29, 1.82) is 0 Å². The van der Waals surface area contributed by atoms with Crippen LogP contribution < -0.4 is 0 Å². The highest BCUT2D eigenvalue weighted by Crippen LogP contribution is 2.49. The van der Waals surface area contributed by atoms with Crippen molar-refractivity contribution < 1.29 is 0 Å². The van der Waals surface area contributed by atoms with Gasteiger partial charge in [-0.2, -0.15) is 0 Å². The van der Waals surface area contributed by atoms with Crippen molar-refractivity contribution in [2.45, 2.75) is 38.5 Å². The highest BCUT2D eigenvalue weighted by molar-refractivity contribution is 7.11. The van der Waals surface area contributed by atoms with E-state index in [1.807, 2.05) is 0 Å². The molecule has 88 valence electrons. The number of aromatic nitrogens is 2. The maximum atomic E-state index is 5.71. The number of fused-ring (bicyclic) bond motifs is 2. The quantitative estimate of drug-likeness (QED) is 0.773. The fourth-order valence-corrected chi connectivity index (χ4v) is 4.63. The number of nitrogens with zero attached hydrogens (tertiary/aromatic N) is 2. The van der Waals surface area contributed by atoms with E-state index in [-0.39, 0.29) is 0 Å². The molecular formula is C12H17ClN2S. The lowest BCUT2D eigenvalue weighted by molar-refractivity contribution is 0.331. The summed E-state index contributed by atoms with van der Waals surface area (Å²) >= 11 is 7.47. The summed E-state index contributed by atoms with van der Waals surface area (Å²) in [7, 11) is 0. The Kier molecular flexibility index (Phi) is 3.16. The summed E-state index contributed by atoms with van der Waals surface area (Å²) in [6.45, 7) is 0. The van der Waals surface area contributed by atoms with Gasteiger partial charge in [0.1, 0.15) is 10.0 Å². The Hall–Kier alpha value is -0.150. The van der Waals surface area contributed by atoms with Crippen LogP contribution in [0.15, 0.2) is 0 Å². The minimum atomic E-state index is 0.656. The Morgan fingerprint density at radius 1 is 1.19 bits per heavy atom. The van der Waals surface area contributed by atoms with E-state index < -0.39 is 0 Å². The Morgan fingerprint density at radius 3 is 2.75 bits per heavy atom. The van der Waals surface area contributed by atoms with Crippen molar-refractivity contribution in [3.63, 3.8) is 0 Å². The molecule has 1 heterocycles. The summed E-state index contributed by atoms with van der Waals surface area (Å²) in [4.78, 5) is 0. The van der Waals surface area contributed by atoms with Gasteiger partial charge in [0, 0.05) is 18.7 Å². The average Bonchev–Trinajstić information content (AvgIpc) is 2.95. The molecule has 2 nitrogen and oxygen atoms in total. The van der Waals surface area contributed by atoms with Gasteiger partial charge in [-0.15, -0.1) is 33.1 Å². The predicted octanol–water partition coefficient (Wildman–Crippen LogP) is 3.30. The first kappa shape index (κ1) is 11.0. The molecule has 2 fully saturated rings. The van der Waals surface area contributed by atoms with Crippen LogP contribution in [0.5, 0.6) is 0 Å². The van der Waals surface area contributed by atoms with Crippen molar-refractivity contribution in [2.75, 3.05) is 5.88 Å². The molecule has 0 radical (unpaired) electrons. The van der Waals surface area contributed by atoms with Crippen LogP contribution in [0, 0.1) is 17.8 Å². The normalized spacial score (nSPS) is 32.4. The van der Waals surface area contributed by atoms with Gasteiger partial charge in [-0.25, -0.2) is 0 Å². The molecule has 16 heavy (non-hydrogen) atoms. The van der Waals surface area contributed by atoms with Gasteiger partial charge in [0.2, 0.25) is 0 Å². The average molecular weight is 257 g/mol. The molecule has 0 spiro atoms. The van der Waals surface area contributed by atoms with Crippen molar-refractivity contribution in [2.24, 2.45) is 17.8 Å². The molecule has 0 saturated heterocycles. The summed E-state index contributed by atoms with van der Waals surface area (Å²) in [5, 5.41) is 10.8. The van der Waals surface area contributed by atoms with Gasteiger partial charge in [0.05, 0.1) is 0 Å². The number of halogens is 1. The molecule has 0 amide bonds. The summed E-state index contributed by atoms with van der Waals surface area (Å²) in [6, 6.07) is 0. The topological polar surface area (TPSA) is 25.8 Å². The van der Waals surface area contributed by atoms with Crippen LogP contribution in [0.1, 0.15) is 35.7 Å². The van der Waals surface area contributed by atoms with Crippen molar-refractivity contribution >= 4 is 22.9 Å². The molecule has 3 atom stereocenters. The second-order valence-corrected chi connectivity index (χ2v) is 6.69. The zero-order valence-corrected chi connectivity index (χ0v) is 10.9. The van der Waals surface area contributed by atoms with Gasteiger partial charge in [-0.1, -0.05) is 6.42 Å². The molecule has 0 N–H and O–H groups in total. The molecule has 0 aliphatic heterocycles. The summed E-state index contributed by atoms with van der Waals surface area (Å²) in [5.74, 6) is 3.58. The molecule has 2 saturated carbocycles. The second-order valence-electron chi connectivity index (χ2n) is 5.17. The van der Waals surface area contributed by atoms with Gasteiger partial charge in [0.15, 0.2) is 0 Å². The monoisotopic (exact) mass is 256 g/mol. The Balaban J connectivity index is 1.61. The molecule has 2 aliphatic rings. The zero-order chi connectivity index (χ0) is 11.0. The van der Waals surface area contributed by atoms with Gasteiger partial charge in [0.25, 0.3) is 0 Å². The highest BCUT2D eigenvalue weighted by Gasteiger charge is 2.39. The minimum Gasteiger partial charge on any atom is -0.144 e. The van der Waals surface area contributed by atoms with Crippen LogP contribution in [-0.2, 0) is 12.8 Å². The van der Waals surface area contributed by atoms with E-state index in [0.717, 1.165) is 29.2 Å². The lowest BCUT2D eigenvalue weighted by Gasteiger charge is -2.19. The van der Waals surface area contributed by atoms with Crippen LogP contribution in [0.25, 0.3) is 0 Å². The number of rotatable bonds is 4. The minimum absolute atomic E-state index is 0.656. The lowest BCUT2D eigenvalue weighted by Crippen LogP contribution is -2.12. The Morgan fingerprint density at radius 2 is 2.06 bits per heavy atom. The second kappa shape index (κ2) is 4.61. The molecule has 1 aromatic heterocycles. The smallest absolute Gasteiger partial charge is 0.118 e. The van der Waals surface area contributed by atoms with Crippen molar-refractivity contribution in [1.82, 2.24) is 10.2 Å². The third kappa shape index (κ3) is 2.12. The first-order valence-corrected chi connectivity index (χ1v) is 7.57. The lowest BCUT2D eigenvalue weighted by atomic mass is 9.87. The number of aryl methyl sites for hydroxylation is 1. The molecule has 4 heteroatoms. The van der Waals surface area contributed by atoms with Crippen LogP contribution in [0.2, 0.25) is 0 Å². The van der Waals surface area contributed by atoms with Crippen LogP contribution >= 0.6 is 22.9 Å². The number of alkyl halides is 1. The van der Waals surface area contributed by atoms with Gasteiger partial charge < -0.3 is 0 Å². The van der Waals surface area contributed by atoms with Gasteiger partial charge >= 0.3 is 0 Å². The van der Waals surface area contributed by atoms with E-state index in [2.05, 4.69) is 10.2 Å². The predicted molar refractivity (Wildman–Crippen MR) is 67.0 cm³/mol. The molecule has 3 unspecified atom stereocenters. The summed E-state index contributed by atoms with van der Waals surface area (Å²) < 4.78 is 0. The van der Waals surface area contributed by atoms with Gasteiger partial charge in [-0.05, 0) is 37.0 Å². The van der Waals surface area contributed by atoms with Gasteiger partial charge in [-0.3, -0.25) is 0 Å². The zero-order valence-electron chi connectivity index (χ0n) is 9.36. The molecule has 1 aromatic rings. The molecule has 3 rings (SSSR count). The maximum absolute atomic E-state index is 5.71. The Labute approximate surface area is 105 Å². The largest absolute Gasteiger partial charge is 0.144 e. The van der Waals surface area contributed by atoms with E-state index in [1.54, 1.807) is 11.3 Å². The standard InChI is InChI=1S/C12H17ClN2S/c13-4-3-11-14-15-12(16-11)7-10-6-8-1-2-9(10)5-8/h8-10H,1-7H2. The van der Waals surface area contributed by atoms with E-state index in [9.17, 15) is 0 Å². The third-order valence-corrected chi connectivity index (χ3v) is 5.33. The first-order valence-electron chi connectivity index (χ1n) is 6.22. The molecular weight excluding hydrogens is 240 g/mol. The number of hydrogen-bond acceptors (Lipinski definition) is 3. The SMILES string of the molecule is ClCCc1nnc(CC2CC3CCC2C3)s1. The van der Waals surface area contributed by atoms with E-state index in [1.165, 1.54) is 37.1 Å². The maximum Gasteiger partial charge on any atom is 0.118 e. The molecule has 2 bridgehead atoms. The van der Waals surface area contributed by atoms with Crippen molar-refractivity contribution in [3.8, 4) is 0 Å². The van der Waals surface area contributed by atoms with Crippen LogP contribution in [0.4, 0.5) is 0 Å². The van der Waals surface area contributed by atoms with E-state index >= 15 is 0 Å². The summed E-state index contributed by atoms with van der Waals surface area (Å²) in [6.07, 6.45) is 7.90. The summed E-state index contributed by atoms with van der Waals surface area (Å²) in [5.41, 5.74) is 0.